The molecule has 2 nitrogen and oxygen atoms in total. The van der Waals surface area contributed by atoms with Crippen molar-refractivity contribution in [1.29, 1.82) is 0 Å². The van der Waals surface area contributed by atoms with E-state index in [1.807, 2.05) is 12.1 Å². The average molecular weight is 201 g/mol. The average Bonchev–Trinajstić information content (AvgIpc) is 2.29. The molecule has 1 aliphatic rings. The fourth-order valence-electron chi connectivity index (χ4n) is 1.89. The topological polar surface area (TPSA) is 33.1 Å². The highest BCUT2D eigenvalue weighted by atomic mass is 16.3. The van der Waals surface area contributed by atoms with Crippen LogP contribution in [0.2, 0.25) is 0 Å². The van der Waals surface area contributed by atoms with E-state index in [2.05, 4.69) is 16.8 Å². The van der Waals surface area contributed by atoms with Gasteiger partial charge in [-0.3, -0.25) is 4.98 Å². The van der Waals surface area contributed by atoms with E-state index in [1.165, 1.54) is 6.42 Å². The van der Waals surface area contributed by atoms with Crippen LogP contribution in [-0.4, -0.2) is 15.7 Å². The van der Waals surface area contributed by atoms with E-state index in [0.29, 0.717) is 0 Å². The maximum atomic E-state index is 10.1. The number of hydrogen-bond donors (Lipinski definition) is 1. The third-order valence-electron chi connectivity index (χ3n) is 2.80. The molecule has 1 N–H and O–H groups in total. The summed E-state index contributed by atoms with van der Waals surface area (Å²) in [6.45, 7) is 0. The van der Waals surface area contributed by atoms with Crippen molar-refractivity contribution < 1.29 is 5.11 Å². The van der Waals surface area contributed by atoms with Gasteiger partial charge < -0.3 is 5.11 Å². The quantitative estimate of drug-likeness (QED) is 0.652. The summed E-state index contributed by atoms with van der Waals surface area (Å²) in [6.07, 6.45) is 8.45. The Labute approximate surface area is 90.4 Å². The summed E-state index contributed by atoms with van der Waals surface area (Å²) in [5.41, 5.74) is 0.172. The van der Waals surface area contributed by atoms with Crippen LogP contribution in [0.5, 0.6) is 0 Å². The molecule has 0 aromatic carbocycles. The highest BCUT2D eigenvalue weighted by Crippen LogP contribution is 2.27. The summed E-state index contributed by atoms with van der Waals surface area (Å²) < 4.78 is 0. The molecule has 1 heterocycles. The van der Waals surface area contributed by atoms with Crippen molar-refractivity contribution in [3.8, 4) is 11.8 Å². The van der Waals surface area contributed by atoms with Gasteiger partial charge in [0.15, 0.2) is 0 Å². The molecule has 15 heavy (non-hydrogen) atoms. The molecule has 0 spiro atoms. The summed E-state index contributed by atoms with van der Waals surface area (Å²) in [4.78, 5) is 3.93. The second-order valence-electron chi connectivity index (χ2n) is 4.08. The molecular weight excluding hydrogens is 186 g/mol. The Morgan fingerprint density at radius 3 is 2.47 bits per heavy atom. The largest absolute Gasteiger partial charge is 0.378 e. The second-order valence-corrected chi connectivity index (χ2v) is 4.08. The van der Waals surface area contributed by atoms with E-state index in [4.69, 9.17) is 0 Å². The number of aliphatic hydroxyl groups is 1. The Hall–Kier alpha value is -1.33. The fraction of sp³-hybridized carbons (Fsp3) is 0.462. The van der Waals surface area contributed by atoms with E-state index in [-0.39, 0.29) is 0 Å². The molecule has 0 radical (unpaired) electrons. The lowest BCUT2D eigenvalue weighted by Crippen LogP contribution is -2.29. The first-order valence-electron chi connectivity index (χ1n) is 5.44. The molecule has 2 heteroatoms. The van der Waals surface area contributed by atoms with Crippen LogP contribution in [0.25, 0.3) is 0 Å². The Morgan fingerprint density at radius 1 is 1.13 bits per heavy atom. The van der Waals surface area contributed by atoms with Crippen molar-refractivity contribution in [2.24, 2.45) is 0 Å². The Morgan fingerprint density at radius 2 is 1.80 bits per heavy atom. The van der Waals surface area contributed by atoms with Crippen molar-refractivity contribution >= 4 is 0 Å². The predicted octanol–water partition coefficient (Wildman–Crippen LogP) is 2.13. The Bertz CT molecular complexity index is 369. The molecule has 1 aromatic rings. The maximum Gasteiger partial charge on any atom is 0.125 e. The Kier molecular flexibility index (Phi) is 3.03. The summed E-state index contributed by atoms with van der Waals surface area (Å²) >= 11 is 0. The summed E-state index contributed by atoms with van der Waals surface area (Å²) in [5.74, 6) is 6.01. The van der Waals surface area contributed by atoms with Gasteiger partial charge in [0.1, 0.15) is 5.60 Å². The highest BCUT2D eigenvalue weighted by molar-refractivity contribution is 5.34. The molecule has 2 rings (SSSR count). The predicted molar refractivity (Wildman–Crippen MR) is 59.1 cm³/mol. The monoisotopic (exact) mass is 201 g/mol. The van der Waals surface area contributed by atoms with Crippen LogP contribution in [0.4, 0.5) is 0 Å². The first-order valence-corrected chi connectivity index (χ1v) is 5.44. The second kappa shape index (κ2) is 4.46. The molecule has 0 atom stereocenters. The number of pyridine rings is 1. The third kappa shape index (κ3) is 2.81. The maximum absolute atomic E-state index is 10.1. The summed E-state index contributed by atoms with van der Waals surface area (Å²) in [7, 11) is 0. The fourth-order valence-corrected chi connectivity index (χ4v) is 1.89. The van der Waals surface area contributed by atoms with E-state index >= 15 is 0 Å². The van der Waals surface area contributed by atoms with Crippen molar-refractivity contribution in [3.05, 3.63) is 30.1 Å². The third-order valence-corrected chi connectivity index (χ3v) is 2.80. The van der Waals surface area contributed by atoms with Gasteiger partial charge in [0, 0.05) is 18.0 Å². The minimum Gasteiger partial charge on any atom is -0.378 e. The first kappa shape index (κ1) is 10.2. The zero-order valence-corrected chi connectivity index (χ0v) is 8.74. The minimum atomic E-state index is -0.748. The highest BCUT2D eigenvalue weighted by Gasteiger charge is 2.26. The van der Waals surface area contributed by atoms with Crippen LogP contribution in [0.15, 0.2) is 24.5 Å². The van der Waals surface area contributed by atoms with Gasteiger partial charge in [-0.15, -0.1) is 0 Å². The van der Waals surface area contributed by atoms with Crippen LogP contribution in [0, 0.1) is 11.8 Å². The van der Waals surface area contributed by atoms with E-state index < -0.39 is 5.60 Å². The molecular formula is C13H15NO. The van der Waals surface area contributed by atoms with Gasteiger partial charge in [-0.05, 0) is 37.8 Å². The van der Waals surface area contributed by atoms with Crippen LogP contribution >= 0.6 is 0 Å². The lowest BCUT2D eigenvalue weighted by Gasteiger charge is -2.26. The number of hydrogen-bond acceptors (Lipinski definition) is 2. The van der Waals surface area contributed by atoms with Crippen molar-refractivity contribution in [3.63, 3.8) is 0 Å². The normalized spacial score (nSPS) is 19.0. The van der Waals surface area contributed by atoms with Gasteiger partial charge in [-0.1, -0.05) is 18.3 Å². The van der Waals surface area contributed by atoms with Crippen LogP contribution in [0.1, 0.15) is 37.7 Å². The minimum absolute atomic E-state index is 0.748. The van der Waals surface area contributed by atoms with Crippen LogP contribution in [0.3, 0.4) is 0 Å². The van der Waals surface area contributed by atoms with E-state index in [1.54, 1.807) is 12.4 Å². The van der Waals surface area contributed by atoms with Crippen molar-refractivity contribution in [1.82, 2.24) is 4.98 Å². The van der Waals surface area contributed by atoms with Crippen molar-refractivity contribution in [2.45, 2.75) is 37.7 Å². The lowest BCUT2D eigenvalue weighted by molar-refractivity contribution is 0.0610. The van der Waals surface area contributed by atoms with Gasteiger partial charge in [-0.25, -0.2) is 0 Å². The molecule has 0 aliphatic heterocycles. The summed E-state index contributed by atoms with van der Waals surface area (Å²) in [5, 5.41) is 10.1. The number of nitrogens with zero attached hydrogens (tertiary/aromatic N) is 1. The van der Waals surface area contributed by atoms with Gasteiger partial charge in [-0.2, -0.15) is 0 Å². The van der Waals surface area contributed by atoms with Gasteiger partial charge >= 0.3 is 0 Å². The molecule has 0 amide bonds. The van der Waals surface area contributed by atoms with E-state index in [0.717, 1.165) is 31.2 Å². The first-order chi connectivity index (χ1) is 7.29. The van der Waals surface area contributed by atoms with Gasteiger partial charge in [0.25, 0.3) is 0 Å². The van der Waals surface area contributed by atoms with Crippen LogP contribution < -0.4 is 0 Å². The SMILES string of the molecule is OC1(C#Cc2ccncc2)CCCCC1. The number of rotatable bonds is 0. The molecule has 0 saturated heterocycles. The molecule has 78 valence electrons. The standard InChI is InChI=1S/C13H15NO/c15-13(7-2-1-3-8-13)9-4-12-5-10-14-11-6-12/h5-6,10-11,15H,1-3,7-8H2. The summed E-state index contributed by atoms with van der Waals surface area (Å²) in [6, 6.07) is 3.72. The molecule has 0 unspecified atom stereocenters. The molecule has 1 aliphatic carbocycles. The zero-order chi connectivity index (χ0) is 10.6. The van der Waals surface area contributed by atoms with Crippen molar-refractivity contribution in [2.75, 3.05) is 0 Å². The zero-order valence-electron chi connectivity index (χ0n) is 8.74. The lowest BCUT2D eigenvalue weighted by atomic mass is 9.85. The number of aromatic nitrogens is 1. The van der Waals surface area contributed by atoms with Crippen LogP contribution in [-0.2, 0) is 0 Å². The molecule has 1 saturated carbocycles. The van der Waals surface area contributed by atoms with Gasteiger partial charge in [0.05, 0.1) is 0 Å². The molecule has 1 aromatic heterocycles. The van der Waals surface area contributed by atoms with Gasteiger partial charge in [0.2, 0.25) is 0 Å². The van der Waals surface area contributed by atoms with E-state index in [9.17, 15) is 5.11 Å². The molecule has 1 fully saturated rings. The Balaban J connectivity index is 2.10. The smallest absolute Gasteiger partial charge is 0.125 e. The molecule has 0 bridgehead atoms.